The molecule has 0 heterocycles. The molecule has 36 valence electrons. The maximum absolute atomic E-state index is 11.2. The molecule has 0 spiro atoms. The van der Waals surface area contributed by atoms with E-state index in [-0.39, 0.29) is 0 Å². The molecule has 0 aliphatic heterocycles. The number of halogens is 1. The molecule has 0 saturated carbocycles. The molecular formula is C3H5FO2. The molecule has 1 atom stereocenters. The summed E-state index contributed by atoms with van der Waals surface area (Å²) in [6.45, 7) is 0.975. The van der Waals surface area contributed by atoms with Gasteiger partial charge in [0.2, 0.25) is 0 Å². The highest BCUT2D eigenvalue weighted by molar-refractivity contribution is 5.71. The van der Waals surface area contributed by atoms with Crippen LogP contribution in [0.4, 0.5) is 4.39 Å². The summed E-state index contributed by atoms with van der Waals surface area (Å²) in [7, 11) is 0. The average Bonchev–Trinajstić information content (AvgIpc) is 1.36. The van der Waals surface area contributed by atoms with Crippen LogP contribution in [0, 0.1) is 0 Å². The quantitative estimate of drug-likeness (QED) is 0.508. The summed E-state index contributed by atoms with van der Waals surface area (Å²) in [5.74, 6) is -1.41. The van der Waals surface area contributed by atoms with Crippen molar-refractivity contribution in [2.24, 2.45) is 0 Å². The van der Waals surface area contributed by atoms with E-state index in [9.17, 15) is 9.18 Å². The second-order valence-corrected chi connectivity index (χ2v) is 0.954. The summed E-state index contributed by atoms with van der Waals surface area (Å²) >= 11 is 0. The number of alkyl halides is 1. The van der Waals surface area contributed by atoms with Crippen LogP contribution in [-0.2, 0) is 4.79 Å². The predicted molar refractivity (Wildman–Crippen MR) is 18.2 cm³/mol. The summed E-state index contributed by atoms with van der Waals surface area (Å²) in [6.07, 6.45) is -1.73. The molecule has 0 aliphatic carbocycles. The predicted octanol–water partition coefficient (Wildman–Crippen LogP) is 0.429. The summed E-state index contributed by atoms with van der Waals surface area (Å²) in [5.41, 5.74) is 0. The van der Waals surface area contributed by atoms with Gasteiger partial charge in [-0.15, -0.1) is 0 Å². The molecule has 0 aliphatic rings. The van der Waals surface area contributed by atoms with Crippen molar-refractivity contribution in [1.82, 2.24) is 0 Å². The maximum Gasteiger partial charge on any atom is 0.337 e. The highest BCUT2D eigenvalue weighted by Crippen LogP contribution is 1.83. The van der Waals surface area contributed by atoms with Gasteiger partial charge < -0.3 is 5.11 Å². The molecule has 0 fully saturated rings. The molecule has 6 heavy (non-hydrogen) atoms. The van der Waals surface area contributed by atoms with Gasteiger partial charge in [-0.25, -0.2) is 9.18 Å². The first-order valence-electron chi connectivity index (χ1n) is 1.51. The Balaban J connectivity index is 3.26. The minimum absolute atomic E-state index is 0.975. The minimum atomic E-state index is -1.73. The Hall–Kier alpha value is -0.600. The zero-order chi connectivity index (χ0) is 5.15. The molecule has 0 amide bonds. The van der Waals surface area contributed by atoms with Gasteiger partial charge in [-0.3, -0.25) is 0 Å². The molecule has 2 nitrogen and oxygen atoms in total. The minimum Gasteiger partial charge on any atom is -0.479 e. The zero-order valence-corrected chi connectivity index (χ0v) is 3.31. The van der Waals surface area contributed by atoms with E-state index in [0.29, 0.717) is 0 Å². The molecule has 0 aromatic rings. The molecular weight excluding hydrogens is 86.0 g/mol. The Morgan fingerprint density at radius 3 is 2.17 bits per heavy atom. The van der Waals surface area contributed by atoms with Crippen LogP contribution < -0.4 is 0 Å². The van der Waals surface area contributed by atoms with Gasteiger partial charge in [-0.05, 0) is 6.92 Å². The monoisotopic (exact) mass is 91.0 g/mol. The average molecular weight is 91.1 g/mol. The molecule has 3 heteroatoms. The van der Waals surface area contributed by atoms with Crippen LogP contribution in [0.5, 0.6) is 0 Å². The number of hydrogen-bond donors (Lipinski definition) is 1. The largest absolute Gasteiger partial charge is 0.479 e. The Morgan fingerprint density at radius 2 is 2.17 bits per heavy atom. The van der Waals surface area contributed by atoms with E-state index in [1.165, 1.54) is 0 Å². The van der Waals surface area contributed by atoms with E-state index in [1.54, 1.807) is 0 Å². The van der Waals surface area contributed by atoms with Crippen molar-refractivity contribution in [2.45, 2.75) is 13.1 Å². The molecule has 0 bridgehead atoms. The lowest BCUT2D eigenvalue weighted by Gasteiger charge is -1.85. The highest BCUT2D eigenvalue weighted by atomic mass is 18.2. The lowest BCUT2D eigenvalue weighted by atomic mass is 10.5. The molecule has 0 aromatic carbocycles. The lowest BCUT2D eigenvalue weighted by molar-refractivity contribution is -0.142. The third-order valence-electron chi connectivity index (χ3n) is 0.340. The van der Waals surface area contributed by atoms with Crippen LogP contribution in [0.15, 0.2) is 0 Å². The normalized spacial score (nSPS) is 13.7. The Bertz CT molecular complexity index is 59.8. The Kier molecular flexibility index (Phi) is 1.57. The SMILES string of the molecule is C[C@H]([18F])C(=O)O. The summed E-state index contributed by atoms with van der Waals surface area (Å²) < 4.78 is 11.2. The summed E-state index contributed by atoms with van der Waals surface area (Å²) in [4.78, 5) is 9.32. The van der Waals surface area contributed by atoms with Crippen molar-refractivity contribution in [2.75, 3.05) is 0 Å². The van der Waals surface area contributed by atoms with Gasteiger partial charge in [-0.1, -0.05) is 0 Å². The van der Waals surface area contributed by atoms with E-state index in [0.717, 1.165) is 6.92 Å². The van der Waals surface area contributed by atoms with Gasteiger partial charge in [0.25, 0.3) is 0 Å². The van der Waals surface area contributed by atoms with Crippen molar-refractivity contribution in [3.05, 3.63) is 0 Å². The number of carboxylic acids is 1. The smallest absolute Gasteiger partial charge is 0.337 e. The first kappa shape index (κ1) is 5.40. The third-order valence-corrected chi connectivity index (χ3v) is 0.340. The summed E-state index contributed by atoms with van der Waals surface area (Å²) in [6, 6.07) is 0. The second-order valence-electron chi connectivity index (χ2n) is 0.954. The van der Waals surface area contributed by atoms with Gasteiger partial charge in [0.15, 0.2) is 6.17 Å². The fourth-order valence-corrected chi connectivity index (χ4v) is 0. The van der Waals surface area contributed by atoms with Crippen LogP contribution >= 0.6 is 0 Å². The Labute approximate surface area is 34.6 Å². The molecule has 0 radical (unpaired) electrons. The standard InChI is InChI=1S/C3H5FO2/c1-2(4)3(5)6/h2H,1H3,(H,5,6)/t2-/m0/s1/i4-1. The third kappa shape index (κ3) is 1.69. The van der Waals surface area contributed by atoms with Crippen LogP contribution in [0.25, 0.3) is 0 Å². The molecule has 0 unspecified atom stereocenters. The van der Waals surface area contributed by atoms with Gasteiger partial charge in [0.1, 0.15) is 0 Å². The lowest BCUT2D eigenvalue weighted by Crippen LogP contribution is -2.08. The Morgan fingerprint density at radius 1 is 2.00 bits per heavy atom. The van der Waals surface area contributed by atoms with Crippen molar-refractivity contribution in [1.29, 1.82) is 0 Å². The maximum atomic E-state index is 11.2. The topological polar surface area (TPSA) is 37.3 Å². The van der Waals surface area contributed by atoms with E-state index < -0.39 is 12.1 Å². The van der Waals surface area contributed by atoms with Crippen molar-refractivity contribution < 1.29 is 14.3 Å². The molecule has 1 N–H and O–H groups in total. The van der Waals surface area contributed by atoms with Gasteiger partial charge in [0.05, 0.1) is 0 Å². The molecule has 0 aromatic heterocycles. The van der Waals surface area contributed by atoms with E-state index >= 15 is 0 Å². The van der Waals surface area contributed by atoms with Crippen LogP contribution in [-0.4, -0.2) is 17.2 Å². The van der Waals surface area contributed by atoms with Crippen molar-refractivity contribution in [3.8, 4) is 0 Å². The number of carbonyl (C=O) groups is 1. The molecule has 0 rings (SSSR count). The highest BCUT2D eigenvalue weighted by Gasteiger charge is 2.04. The van der Waals surface area contributed by atoms with Gasteiger partial charge >= 0.3 is 5.97 Å². The first-order chi connectivity index (χ1) is 2.64. The molecule has 0 saturated heterocycles. The van der Waals surface area contributed by atoms with E-state index in [2.05, 4.69) is 0 Å². The number of aliphatic carboxylic acids is 1. The fraction of sp³-hybridized carbons (Fsp3) is 0.667. The number of carboxylic acid groups (broad SMARTS) is 1. The van der Waals surface area contributed by atoms with Crippen molar-refractivity contribution >= 4 is 5.97 Å². The summed E-state index contributed by atoms with van der Waals surface area (Å²) in [5, 5.41) is 7.62. The van der Waals surface area contributed by atoms with Crippen LogP contribution in [0.2, 0.25) is 0 Å². The number of hydrogen-bond acceptors (Lipinski definition) is 1. The van der Waals surface area contributed by atoms with Gasteiger partial charge in [-0.2, -0.15) is 0 Å². The van der Waals surface area contributed by atoms with E-state index in [1.807, 2.05) is 0 Å². The fourth-order valence-electron chi connectivity index (χ4n) is 0. The first-order valence-corrected chi connectivity index (χ1v) is 1.51. The van der Waals surface area contributed by atoms with Crippen molar-refractivity contribution in [3.63, 3.8) is 0 Å². The zero-order valence-electron chi connectivity index (χ0n) is 3.31. The van der Waals surface area contributed by atoms with Crippen LogP contribution in [0.3, 0.4) is 0 Å². The van der Waals surface area contributed by atoms with Gasteiger partial charge in [0, 0.05) is 0 Å². The second kappa shape index (κ2) is 1.74. The van der Waals surface area contributed by atoms with E-state index in [4.69, 9.17) is 5.11 Å². The van der Waals surface area contributed by atoms with Crippen LogP contribution in [0.1, 0.15) is 6.92 Å². The number of rotatable bonds is 1.